The molecular formula is C15H23N3O3. The van der Waals surface area contributed by atoms with E-state index in [-0.39, 0.29) is 18.0 Å². The Morgan fingerprint density at radius 2 is 2.10 bits per heavy atom. The summed E-state index contributed by atoms with van der Waals surface area (Å²) in [7, 11) is 1.58. The minimum atomic E-state index is 0.0482. The van der Waals surface area contributed by atoms with Gasteiger partial charge in [-0.25, -0.2) is 0 Å². The van der Waals surface area contributed by atoms with Crippen molar-refractivity contribution in [3.63, 3.8) is 0 Å². The second-order valence-corrected chi connectivity index (χ2v) is 5.47. The monoisotopic (exact) mass is 293 g/mol. The maximum Gasteiger partial charge on any atom is 0.173 e. The Hall–Kier alpha value is -1.79. The lowest BCUT2D eigenvalue weighted by atomic mass is 10.1. The summed E-state index contributed by atoms with van der Waals surface area (Å²) in [6.07, 6.45) is 0.485. The Labute approximate surface area is 125 Å². The first-order valence-corrected chi connectivity index (χ1v) is 7.06. The van der Waals surface area contributed by atoms with Crippen molar-refractivity contribution in [2.75, 3.05) is 20.2 Å². The Balaban J connectivity index is 2.14. The van der Waals surface area contributed by atoms with Gasteiger partial charge in [-0.3, -0.25) is 4.90 Å². The molecule has 0 aromatic heterocycles. The first-order valence-electron chi connectivity index (χ1n) is 7.06. The summed E-state index contributed by atoms with van der Waals surface area (Å²) < 4.78 is 11.1. The zero-order valence-electron chi connectivity index (χ0n) is 12.7. The van der Waals surface area contributed by atoms with Gasteiger partial charge in [-0.2, -0.15) is 0 Å². The Morgan fingerprint density at radius 3 is 2.67 bits per heavy atom. The topological polar surface area (TPSA) is 80.3 Å². The van der Waals surface area contributed by atoms with E-state index in [9.17, 15) is 0 Å². The fourth-order valence-electron chi connectivity index (χ4n) is 2.77. The van der Waals surface area contributed by atoms with Crippen molar-refractivity contribution in [1.29, 1.82) is 0 Å². The van der Waals surface area contributed by atoms with Crippen molar-refractivity contribution in [2.45, 2.75) is 32.6 Å². The van der Waals surface area contributed by atoms with E-state index < -0.39 is 0 Å². The van der Waals surface area contributed by atoms with Gasteiger partial charge in [0, 0.05) is 19.6 Å². The summed E-state index contributed by atoms with van der Waals surface area (Å²) in [4.78, 5) is 2.36. The highest BCUT2D eigenvalue weighted by Gasteiger charge is 2.22. The molecule has 1 fully saturated rings. The first-order chi connectivity index (χ1) is 10.0. The molecule has 6 heteroatoms. The van der Waals surface area contributed by atoms with Crippen LogP contribution in [0.3, 0.4) is 0 Å². The number of rotatable bonds is 4. The lowest BCUT2D eigenvalue weighted by Crippen LogP contribution is -2.44. The molecule has 0 aliphatic carbocycles. The minimum Gasteiger partial charge on any atom is -0.496 e. The largest absolute Gasteiger partial charge is 0.496 e. The Bertz CT molecular complexity index is 509. The summed E-state index contributed by atoms with van der Waals surface area (Å²) in [5, 5.41) is 11.8. The van der Waals surface area contributed by atoms with Gasteiger partial charge in [0.05, 0.1) is 24.9 Å². The smallest absolute Gasteiger partial charge is 0.173 e. The molecule has 0 spiro atoms. The van der Waals surface area contributed by atoms with E-state index in [2.05, 4.69) is 23.9 Å². The van der Waals surface area contributed by atoms with Gasteiger partial charge in [0.15, 0.2) is 5.84 Å². The second kappa shape index (κ2) is 6.78. The lowest BCUT2D eigenvalue weighted by Gasteiger charge is -2.35. The molecule has 1 aromatic rings. The minimum absolute atomic E-state index is 0.0482. The highest BCUT2D eigenvalue weighted by atomic mass is 16.5. The van der Waals surface area contributed by atoms with E-state index in [0.29, 0.717) is 11.3 Å². The normalized spacial score (nSPS) is 24.0. The van der Waals surface area contributed by atoms with Crippen LogP contribution in [0.5, 0.6) is 5.75 Å². The molecule has 116 valence electrons. The second-order valence-electron chi connectivity index (χ2n) is 5.47. The van der Waals surface area contributed by atoms with E-state index in [1.165, 1.54) is 0 Å². The molecule has 0 radical (unpaired) electrons. The quantitative estimate of drug-likeness (QED) is 0.379. The summed E-state index contributed by atoms with van der Waals surface area (Å²) in [5.74, 6) is 0.657. The molecule has 1 aliphatic rings. The molecular weight excluding hydrogens is 270 g/mol. The number of amidine groups is 1. The third kappa shape index (κ3) is 3.86. The maximum atomic E-state index is 8.78. The molecule has 1 aliphatic heterocycles. The molecule has 1 heterocycles. The van der Waals surface area contributed by atoms with Gasteiger partial charge in [0.25, 0.3) is 0 Å². The van der Waals surface area contributed by atoms with Gasteiger partial charge in [-0.15, -0.1) is 0 Å². The van der Waals surface area contributed by atoms with Crippen LogP contribution in [0.15, 0.2) is 23.4 Å². The first kappa shape index (κ1) is 15.6. The number of ether oxygens (including phenoxy) is 2. The predicted octanol–water partition coefficient (Wildman–Crippen LogP) is 1.40. The number of hydrogen-bond donors (Lipinski definition) is 2. The molecule has 0 saturated carbocycles. The highest BCUT2D eigenvalue weighted by Crippen LogP contribution is 2.22. The van der Waals surface area contributed by atoms with Gasteiger partial charge in [-0.1, -0.05) is 11.2 Å². The van der Waals surface area contributed by atoms with E-state index in [0.717, 1.165) is 25.2 Å². The third-order valence-corrected chi connectivity index (χ3v) is 3.55. The molecule has 2 atom stereocenters. The van der Waals surface area contributed by atoms with Gasteiger partial charge < -0.3 is 20.4 Å². The summed E-state index contributed by atoms with van der Waals surface area (Å²) in [6, 6.07) is 5.72. The SMILES string of the molecule is COc1cc(CN2C[C@@H](C)O[C@@H](C)C2)ccc1/C(N)=N/O. The van der Waals surface area contributed by atoms with Crippen molar-refractivity contribution < 1.29 is 14.7 Å². The summed E-state index contributed by atoms with van der Waals surface area (Å²) in [6.45, 7) is 6.82. The number of nitrogens with two attached hydrogens (primary N) is 1. The number of nitrogens with zero attached hydrogens (tertiary/aromatic N) is 2. The van der Waals surface area contributed by atoms with Crippen LogP contribution in [0.4, 0.5) is 0 Å². The zero-order chi connectivity index (χ0) is 15.4. The van der Waals surface area contributed by atoms with Crippen LogP contribution < -0.4 is 10.5 Å². The molecule has 0 amide bonds. The Kier molecular flexibility index (Phi) is 5.03. The summed E-state index contributed by atoms with van der Waals surface area (Å²) >= 11 is 0. The fourth-order valence-corrected chi connectivity index (χ4v) is 2.77. The van der Waals surface area contributed by atoms with Gasteiger partial charge in [0.1, 0.15) is 5.75 Å². The van der Waals surface area contributed by atoms with Crippen molar-refractivity contribution in [1.82, 2.24) is 4.90 Å². The van der Waals surface area contributed by atoms with E-state index in [4.69, 9.17) is 20.4 Å². The average Bonchev–Trinajstić information content (AvgIpc) is 2.45. The molecule has 1 aromatic carbocycles. The number of hydrogen-bond acceptors (Lipinski definition) is 5. The number of methoxy groups -OCH3 is 1. The van der Waals surface area contributed by atoms with Crippen LogP contribution in [0.25, 0.3) is 0 Å². The molecule has 2 rings (SSSR count). The third-order valence-electron chi connectivity index (χ3n) is 3.55. The lowest BCUT2D eigenvalue weighted by molar-refractivity contribution is -0.0704. The van der Waals surface area contributed by atoms with E-state index in [1.54, 1.807) is 7.11 Å². The molecule has 0 bridgehead atoms. The van der Waals surface area contributed by atoms with Crippen LogP contribution in [0, 0.1) is 0 Å². The van der Waals surface area contributed by atoms with Crippen LogP contribution in [0.1, 0.15) is 25.0 Å². The Morgan fingerprint density at radius 1 is 1.43 bits per heavy atom. The summed E-state index contributed by atoms with van der Waals surface area (Å²) in [5.41, 5.74) is 7.35. The molecule has 6 nitrogen and oxygen atoms in total. The molecule has 0 unspecified atom stereocenters. The predicted molar refractivity (Wildman–Crippen MR) is 80.8 cm³/mol. The van der Waals surface area contributed by atoms with Crippen LogP contribution >= 0.6 is 0 Å². The van der Waals surface area contributed by atoms with Gasteiger partial charge >= 0.3 is 0 Å². The maximum absolute atomic E-state index is 8.78. The van der Waals surface area contributed by atoms with Crippen molar-refractivity contribution in [3.8, 4) is 5.75 Å². The fraction of sp³-hybridized carbons (Fsp3) is 0.533. The van der Waals surface area contributed by atoms with E-state index in [1.807, 2.05) is 18.2 Å². The van der Waals surface area contributed by atoms with Crippen LogP contribution in [-0.2, 0) is 11.3 Å². The van der Waals surface area contributed by atoms with Crippen LogP contribution in [-0.4, -0.2) is 48.4 Å². The van der Waals surface area contributed by atoms with E-state index >= 15 is 0 Å². The number of benzene rings is 1. The number of oxime groups is 1. The van der Waals surface area contributed by atoms with Crippen molar-refractivity contribution in [3.05, 3.63) is 29.3 Å². The van der Waals surface area contributed by atoms with Gasteiger partial charge in [-0.05, 0) is 31.5 Å². The van der Waals surface area contributed by atoms with Gasteiger partial charge in [0.2, 0.25) is 0 Å². The zero-order valence-corrected chi connectivity index (χ0v) is 12.7. The van der Waals surface area contributed by atoms with Crippen molar-refractivity contribution >= 4 is 5.84 Å². The average molecular weight is 293 g/mol. The highest BCUT2D eigenvalue weighted by molar-refractivity contribution is 5.99. The van der Waals surface area contributed by atoms with Crippen LogP contribution in [0.2, 0.25) is 0 Å². The molecule has 3 N–H and O–H groups in total. The van der Waals surface area contributed by atoms with Crippen molar-refractivity contribution in [2.24, 2.45) is 10.9 Å². The molecule has 21 heavy (non-hydrogen) atoms. The molecule has 1 saturated heterocycles. The number of morpholine rings is 1. The standard InChI is InChI=1S/C15H23N3O3/c1-10-7-18(8-11(2)21-10)9-12-4-5-13(15(16)17-19)14(6-12)20-3/h4-6,10-11,19H,7-9H2,1-3H3,(H2,16,17)/t10-,11+.